The van der Waals surface area contributed by atoms with Crippen LogP contribution < -0.4 is 5.32 Å². The zero-order valence-electron chi connectivity index (χ0n) is 12.7. The van der Waals surface area contributed by atoms with Gasteiger partial charge in [0.2, 0.25) is 0 Å². The van der Waals surface area contributed by atoms with E-state index in [0.717, 1.165) is 6.54 Å². The van der Waals surface area contributed by atoms with Crippen LogP contribution in [0.4, 0.5) is 0 Å². The van der Waals surface area contributed by atoms with Gasteiger partial charge in [0.25, 0.3) is 0 Å². The summed E-state index contributed by atoms with van der Waals surface area (Å²) in [6.07, 6.45) is 7.71. The number of piperidine rings is 2. The molecular weight excluding hydrogens is 258 g/mol. The summed E-state index contributed by atoms with van der Waals surface area (Å²) in [5, 5.41) is 5.01. The molecule has 2 aliphatic heterocycles. The molecule has 2 N–H and O–H groups in total. The first-order valence-corrected chi connectivity index (χ1v) is 8.33. The Kier molecular flexibility index (Phi) is 3.48. The number of aromatic nitrogens is 1. The number of para-hydroxylation sites is 1. The monoisotopic (exact) mass is 283 g/mol. The van der Waals surface area contributed by atoms with Crippen molar-refractivity contribution >= 4 is 10.9 Å². The largest absolute Gasteiger partial charge is 0.361 e. The average Bonchev–Trinajstić information content (AvgIpc) is 2.92. The molecular formula is C18H25N3. The summed E-state index contributed by atoms with van der Waals surface area (Å²) in [5.41, 5.74) is 3.26. The summed E-state index contributed by atoms with van der Waals surface area (Å²) >= 11 is 0. The Morgan fingerprint density at radius 3 is 2.95 bits per heavy atom. The number of H-pyrrole nitrogens is 1. The maximum atomic E-state index is 3.62. The first-order chi connectivity index (χ1) is 10.3. The molecule has 1 atom stereocenters. The Hall–Kier alpha value is -1.32. The van der Waals surface area contributed by atoms with Crippen molar-refractivity contribution in [3.8, 4) is 0 Å². The molecule has 1 unspecified atom stereocenters. The second kappa shape index (κ2) is 5.47. The van der Waals surface area contributed by atoms with Crippen LogP contribution in [0, 0.1) is 5.41 Å². The molecule has 112 valence electrons. The lowest BCUT2D eigenvalue weighted by molar-refractivity contribution is 0.0603. The van der Waals surface area contributed by atoms with Gasteiger partial charge in [0.15, 0.2) is 0 Å². The van der Waals surface area contributed by atoms with Crippen molar-refractivity contribution < 1.29 is 0 Å². The lowest BCUT2D eigenvalue weighted by Gasteiger charge is -2.45. The van der Waals surface area contributed by atoms with Crippen LogP contribution in [0.2, 0.25) is 0 Å². The highest BCUT2D eigenvalue weighted by atomic mass is 15.1. The van der Waals surface area contributed by atoms with E-state index in [1.807, 2.05) is 0 Å². The zero-order valence-corrected chi connectivity index (χ0v) is 12.7. The lowest BCUT2D eigenvalue weighted by atomic mass is 9.74. The van der Waals surface area contributed by atoms with Crippen LogP contribution in [-0.2, 0) is 6.54 Å². The molecule has 1 aromatic carbocycles. The third-order valence-electron chi connectivity index (χ3n) is 5.37. The Bertz CT molecular complexity index is 604. The van der Waals surface area contributed by atoms with Gasteiger partial charge in [0.1, 0.15) is 0 Å². The van der Waals surface area contributed by atoms with Crippen LogP contribution in [0.1, 0.15) is 31.2 Å². The van der Waals surface area contributed by atoms with Crippen molar-refractivity contribution in [1.82, 2.24) is 15.2 Å². The van der Waals surface area contributed by atoms with Crippen LogP contribution in [0.5, 0.6) is 0 Å². The zero-order chi connectivity index (χ0) is 14.1. The lowest BCUT2D eigenvalue weighted by Crippen LogP contribution is -2.50. The predicted octanol–water partition coefficient (Wildman–Crippen LogP) is 3.13. The molecule has 0 saturated carbocycles. The number of fused-ring (bicyclic) bond motifs is 1. The quantitative estimate of drug-likeness (QED) is 0.887. The van der Waals surface area contributed by atoms with Gasteiger partial charge in [-0.3, -0.25) is 4.90 Å². The van der Waals surface area contributed by atoms with E-state index in [1.54, 1.807) is 0 Å². The summed E-state index contributed by atoms with van der Waals surface area (Å²) in [4.78, 5) is 6.08. The Morgan fingerprint density at radius 1 is 1.14 bits per heavy atom. The number of hydrogen-bond acceptors (Lipinski definition) is 2. The number of hydrogen-bond donors (Lipinski definition) is 2. The first-order valence-electron chi connectivity index (χ1n) is 8.33. The Balaban J connectivity index is 1.51. The van der Waals surface area contributed by atoms with Gasteiger partial charge < -0.3 is 10.3 Å². The highest BCUT2D eigenvalue weighted by Gasteiger charge is 2.36. The van der Waals surface area contributed by atoms with E-state index in [9.17, 15) is 0 Å². The number of nitrogens with zero attached hydrogens (tertiary/aromatic N) is 1. The molecule has 4 rings (SSSR count). The first kappa shape index (κ1) is 13.4. The van der Waals surface area contributed by atoms with Gasteiger partial charge in [0, 0.05) is 36.7 Å². The minimum atomic E-state index is 0.544. The smallest absolute Gasteiger partial charge is 0.0457 e. The fraction of sp³-hybridized carbons (Fsp3) is 0.556. The van der Waals surface area contributed by atoms with Gasteiger partial charge >= 0.3 is 0 Å². The summed E-state index contributed by atoms with van der Waals surface area (Å²) in [5.74, 6) is 0. The highest BCUT2D eigenvalue weighted by Crippen LogP contribution is 2.36. The average molecular weight is 283 g/mol. The van der Waals surface area contributed by atoms with E-state index in [-0.39, 0.29) is 0 Å². The number of aromatic amines is 1. The van der Waals surface area contributed by atoms with Crippen molar-refractivity contribution in [2.45, 2.75) is 32.2 Å². The van der Waals surface area contributed by atoms with Crippen LogP contribution in [0.25, 0.3) is 10.9 Å². The number of nitrogens with one attached hydrogen (secondary N) is 2. The topological polar surface area (TPSA) is 31.1 Å². The van der Waals surface area contributed by atoms with Crippen molar-refractivity contribution in [3.05, 3.63) is 36.0 Å². The van der Waals surface area contributed by atoms with Crippen molar-refractivity contribution in [2.24, 2.45) is 5.41 Å². The summed E-state index contributed by atoms with van der Waals surface area (Å²) < 4.78 is 0. The van der Waals surface area contributed by atoms with Gasteiger partial charge in [-0.25, -0.2) is 0 Å². The molecule has 1 spiro atoms. The maximum absolute atomic E-state index is 3.62. The van der Waals surface area contributed by atoms with Gasteiger partial charge in [-0.2, -0.15) is 0 Å². The van der Waals surface area contributed by atoms with Gasteiger partial charge in [-0.05, 0) is 55.8 Å². The molecule has 0 amide bonds. The molecule has 0 bridgehead atoms. The van der Waals surface area contributed by atoms with E-state index >= 15 is 0 Å². The molecule has 2 saturated heterocycles. The van der Waals surface area contributed by atoms with E-state index in [1.165, 1.54) is 68.3 Å². The molecule has 2 fully saturated rings. The number of benzene rings is 1. The molecule has 1 aromatic heterocycles. The molecule has 2 aliphatic rings. The van der Waals surface area contributed by atoms with E-state index in [0.29, 0.717) is 5.41 Å². The third-order valence-corrected chi connectivity index (χ3v) is 5.37. The van der Waals surface area contributed by atoms with E-state index < -0.39 is 0 Å². The standard InChI is InChI=1S/C18H25N3/c1-2-6-17-16(5-1)15(11-20-17)12-21-10-4-8-18(14-21)7-3-9-19-13-18/h1-2,5-6,11,19-20H,3-4,7-10,12-14H2. The van der Waals surface area contributed by atoms with Crippen molar-refractivity contribution in [2.75, 3.05) is 26.2 Å². The Labute approximate surface area is 126 Å². The summed E-state index contributed by atoms with van der Waals surface area (Å²) in [6, 6.07) is 8.65. The molecule has 21 heavy (non-hydrogen) atoms. The fourth-order valence-electron chi connectivity index (χ4n) is 4.33. The summed E-state index contributed by atoms with van der Waals surface area (Å²) in [7, 11) is 0. The number of rotatable bonds is 2. The molecule has 0 radical (unpaired) electrons. The predicted molar refractivity (Wildman–Crippen MR) is 87.3 cm³/mol. The highest BCUT2D eigenvalue weighted by molar-refractivity contribution is 5.82. The molecule has 3 heterocycles. The second-order valence-corrected chi connectivity index (χ2v) is 6.95. The van der Waals surface area contributed by atoms with Crippen LogP contribution in [0.15, 0.2) is 30.5 Å². The third kappa shape index (κ3) is 2.60. The van der Waals surface area contributed by atoms with Crippen LogP contribution in [-0.4, -0.2) is 36.1 Å². The normalized spacial score (nSPS) is 27.4. The van der Waals surface area contributed by atoms with Gasteiger partial charge in [0.05, 0.1) is 0 Å². The van der Waals surface area contributed by atoms with Crippen LogP contribution in [0.3, 0.4) is 0 Å². The van der Waals surface area contributed by atoms with E-state index in [2.05, 4.69) is 45.7 Å². The summed E-state index contributed by atoms with van der Waals surface area (Å²) in [6.45, 7) is 6.04. The van der Waals surface area contributed by atoms with Crippen molar-refractivity contribution in [3.63, 3.8) is 0 Å². The Morgan fingerprint density at radius 2 is 2.05 bits per heavy atom. The van der Waals surface area contributed by atoms with Crippen molar-refractivity contribution in [1.29, 1.82) is 0 Å². The molecule has 2 aromatic rings. The van der Waals surface area contributed by atoms with Gasteiger partial charge in [-0.15, -0.1) is 0 Å². The number of likely N-dealkylation sites (tertiary alicyclic amines) is 1. The minimum Gasteiger partial charge on any atom is -0.361 e. The minimum absolute atomic E-state index is 0.544. The second-order valence-electron chi connectivity index (χ2n) is 6.95. The van der Waals surface area contributed by atoms with Crippen LogP contribution >= 0.6 is 0 Å². The van der Waals surface area contributed by atoms with E-state index in [4.69, 9.17) is 0 Å². The SMILES string of the molecule is c1ccc2c(CN3CCCC4(CCCNC4)C3)c[nH]c2c1. The fourth-order valence-corrected chi connectivity index (χ4v) is 4.33. The molecule has 3 heteroatoms. The molecule has 0 aliphatic carbocycles. The maximum Gasteiger partial charge on any atom is 0.0457 e. The molecule has 3 nitrogen and oxygen atoms in total. The van der Waals surface area contributed by atoms with Gasteiger partial charge in [-0.1, -0.05) is 18.2 Å².